The average Bonchev–Trinajstić information content (AvgIpc) is 2.54. The van der Waals surface area contributed by atoms with E-state index in [-0.39, 0.29) is 0 Å². The third kappa shape index (κ3) is 5.31. The summed E-state index contributed by atoms with van der Waals surface area (Å²) < 4.78 is 0. The Bertz CT molecular complexity index is 162. The molecule has 1 rings (SSSR count). The fourth-order valence-corrected chi connectivity index (χ4v) is 2.79. The van der Waals surface area contributed by atoms with Crippen molar-refractivity contribution in [3.63, 3.8) is 0 Å². The Labute approximate surface area is 102 Å². The quantitative estimate of drug-likeness (QED) is 0.701. The summed E-state index contributed by atoms with van der Waals surface area (Å²) in [6.45, 7) is 8.04. The van der Waals surface area contributed by atoms with Crippen LogP contribution in [0.4, 0.5) is 0 Å². The highest BCUT2D eigenvalue weighted by Crippen LogP contribution is 2.21. The normalized spacial score (nSPS) is 21.0. The van der Waals surface area contributed by atoms with Crippen molar-refractivity contribution in [2.24, 2.45) is 5.92 Å². The van der Waals surface area contributed by atoms with Gasteiger partial charge in [0.15, 0.2) is 0 Å². The second kappa shape index (κ2) is 8.08. The molecule has 1 aliphatic carbocycles. The van der Waals surface area contributed by atoms with Crippen LogP contribution in [0.3, 0.4) is 0 Å². The summed E-state index contributed by atoms with van der Waals surface area (Å²) in [5.41, 5.74) is 0. The van der Waals surface area contributed by atoms with E-state index in [4.69, 9.17) is 0 Å². The van der Waals surface area contributed by atoms with Crippen molar-refractivity contribution in [3.05, 3.63) is 0 Å². The summed E-state index contributed by atoms with van der Waals surface area (Å²) in [5.74, 6) is 0.771. The van der Waals surface area contributed by atoms with Crippen LogP contribution >= 0.6 is 0 Å². The van der Waals surface area contributed by atoms with Crippen LogP contribution in [0.1, 0.15) is 52.4 Å². The fraction of sp³-hybridized carbons (Fsp3) is 1.00. The number of hydrogen-bond acceptors (Lipinski definition) is 2. The topological polar surface area (TPSA) is 15.3 Å². The number of hydrogen-bond donors (Lipinski definition) is 1. The van der Waals surface area contributed by atoms with Gasteiger partial charge >= 0.3 is 0 Å². The summed E-state index contributed by atoms with van der Waals surface area (Å²) in [4.78, 5) is 2.60. The molecule has 1 atom stereocenters. The maximum absolute atomic E-state index is 3.44. The third-order valence-corrected chi connectivity index (χ3v) is 3.79. The van der Waals surface area contributed by atoms with E-state index in [2.05, 4.69) is 31.1 Å². The predicted octanol–water partition coefficient (Wildman–Crippen LogP) is 2.89. The van der Waals surface area contributed by atoms with E-state index in [1.54, 1.807) is 0 Å². The summed E-state index contributed by atoms with van der Waals surface area (Å²) in [7, 11) is 2.32. The SMILES string of the molecule is CCNCC(C)CN(C)C1CCCCCC1. The van der Waals surface area contributed by atoms with Crippen LogP contribution in [0.25, 0.3) is 0 Å². The molecule has 1 saturated carbocycles. The molecule has 96 valence electrons. The molecule has 0 aromatic heterocycles. The minimum absolute atomic E-state index is 0.771. The van der Waals surface area contributed by atoms with Gasteiger partial charge in [-0.25, -0.2) is 0 Å². The number of rotatable bonds is 6. The van der Waals surface area contributed by atoms with Crippen molar-refractivity contribution in [2.45, 2.75) is 58.4 Å². The van der Waals surface area contributed by atoms with Crippen molar-refractivity contribution in [1.82, 2.24) is 10.2 Å². The van der Waals surface area contributed by atoms with Crippen LogP contribution in [0.5, 0.6) is 0 Å². The first-order valence-electron chi connectivity index (χ1n) is 7.15. The Morgan fingerprint density at radius 1 is 1.19 bits per heavy atom. The van der Waals surface area contributed by atoms with Gasteiger partial charge in [-0.3, -0.25) is 0 Å². The van der Waals surface area contributed by atoms with Crippen LogP contribution in [0.2, 0.25) is 0 Å². The van der Waals surface area contributed by atoms with Gasteiger partial charge in [-0.2, -0.15) is 0 Å². The molecule has 0 heterocycles. The van der Waals surface area contributed by atoms with Crippen molar-refractivity contribution in [1.29, 1.82) is 0 Å². The van der Waals surface area contributed by atoms with E-state index in [1.807, 2.05) is 0 Å². The molecule has 1 aliphatic rings. The molecule has 1 unspecified atom stereocenters. The molecule has 1 N–H and O–H groups in total. The standard InChI is InChI=1S/C14H30N2/c1-4-15-11-13(2)12-16(3)14-9-7-5-6-8-10-14/h13-15H,4-12H2,1-3H3. The molecule has 1 fully saturated rings. The molecule has 0 aliphatic heterocycles. The lowest BCUT2D eigenvalue weighted by Gasteiger charge is -2.29. The third-order valence-electron chi connectivity index (χ3n) is 3.79. The lowest BCUT2D eigenvalue weighted by atomic mass is 10.1. The lowest BCUT2D eigenvalue weighted by molar-refractivity contribution is 0.193. The van der Waals surface area contributed by atoms with Crippen LogP contribution in [-0.4, -0.2) is 37.6 Å². The molecule has 0 amide bonds. The Balaban J connectivity index is 2.23. The molecule has 0 aromatic rings. The second-order valence-corrected chi connectivity index (χ2v) is 5.50. The first-order chi connectivity index (χ1) is 7.74. The molecule has 2 heteroatoms. The number of nitrogens with one attached hydrogen (secondary N) is 1. The van der Waals surface area contributed by atoms with Crippen LogP contribution in [-0.2, 0) is 0 Å². The van der Waals surface area contributed by atoms with Gasteiger partial charge in [-0.05, 0) is 38.9 Å². The molecular weight excluding hydrogens is 196 g/mol. The molecule has 2 nitrogen and oxygen atoms in total. The first-order valence-corrected chi connectivity index (χ1v) is 7.15. The van der Waals surface area contributed by atoms with Gasteiger partial charge in [-0.1, -0.05) is 39.5 Å². The maximum Gasteiger partial charge on any atom is 0.00923 e. The Hall–Kier alpha value is -0.0800. The van der Waals surface area contributed by atoms with Crippen molar-refractivity contribution < 1.29 is 0 Å². The van der Waals surface area contributed by atoms with Crippen molar-refractivity contribution in [2.75, 3.05) is 26.7 Å². The molecule has 0 radical (unpaired) electrons. The van der Waals surface area contributed by atoms with E-state index in [1.165, 1.54) is 45.1 Å². The summed E-state index contributed by atoms with van der Waals surface area (Å²) in [6.07, 6.45) is 8.64. The largest absolute Gasteiger partial charge is 0.317 e. The molecular formula is C14H30N2. The highest BCUT2D eigenvalue weighted by Gasteiger charge is 2.18. The van der Waals surface area contributed by atoms with Gasteiger partial charge in [0, 0.05) is 12.6 Å². The van der Waals surface area contributed by atoms with Crippen molar-refractivity contribution >= 4 is 0 Å². The molecule has 16 heavy (non-hydrogen) atoms. The highest BCUT2D eigenvalue weighted by molar-refractivity contribution is 4.74. The molecule has 0 spiro atoms. The van der Waals surface area contributed by atoms with Gasteiger partial charge in [-0.15, -0.1) is 0 Å². The predicted molar refractivity (Wildman–Crippen MR) is 71.8 cm³/mol. The zero-order valence-electron chi connectivity index (χ0n) is 11.5. The van der Waals surface area contributed by atoms with Crippen LogP contribution < -0.4 is 5.32 Å². The Kier molecular flexibility index (Phi) is 7.06. The van der Waals surface area contributed by atoms with E-state index in [0.29, 0.717) is 0 Å². The number of nitrogens with zero attached hydrogens (tertiary/aromatic N) is 1. The van der Waals surface area contributed by atoms with Gasteiger partial charge in [0.1, 0.15) is 0 Å². The molecule has 0 bridgehead atoms. The summed E-state index contributed by atoms with van der Waals surface area (Å²) >= 11 is 0. The zero-order chi connectivity index (χ0) is 11.8. The monoisotopic (exact) mass is 226 g/mol. The van der Waals surface area contributed by atoms with E-state index >= 15 is 0 Å². The van der Waals surface area contributed by atoms with Gasteiger partial charge in [0.25, 0.3) is 0 Å². The van der Waals surface area contributed by atoms with Crippen LogP contribution in [0.15, 0.2) is 0 Å². The lowest BCUT2D eigenvalue weighted by Crippen LogP contribution is -2.37. The van der Waals surface area contributed by atoms with Gasteiger partial charge < -0.3 is 10.2 Å². The average molecular weight is 226 g/mol. The molecule has 0 saturated heterocycles. The zero-order valence-corrected chi connectivity index (χ0v) is 11.5. The highest BCUT2D eigenvalue weighted by atomic mass is 15.1. The minimum atomic E-state index is 0.771. The smallest absolute Gasteiger partial charge is 0.00923 e. The van der Waals surface area contributed by atoms with E-state index < -0.39 is 0 Å². The van der Waals surface area contributed by atoms with E-state index in [0.717, 1.165) is 25.0 Å². The summed E-state index contributed by atoms with van der Waals surface area (Å²) in [5, 5.41) is 3.44. The Morgan fingerprint density at radius 2 is 1.81 bits per heavy atom. The minimum Gasteiger partial charge on any atom is -0.317 e. The maximum atomic E-state index is 3.44. The van der Waals surface area contributed by atoms with E-state index in [9.17, 15) is 0 Å². The Morgan fingerprint density at radius 3 is 2.38 bits per heavy atom. The summed E-state index contributed by atoms with van der Waals surface area (Å²) in [6, 6.07) is 0.853. The van der Waals surface area contributed by atoms with Gasteiger partial charge in [0.2, 0.25) is 0 Å². The second-order valence-electron chi connectivity index (χ2n) is 5.50. The molecule has 0 aromatic carbocycles. The first kappa shape index (κ1) is 14.0. The fourth-order valence-electron chi connectivity index (χ4n) is 2.79. The van der Waals surface area contributed by atoms with Crippen LogP contribution in [0, 0.1) is 5.92 Å². The van der Waals surface area contributed by atoms with Gasteiger partial charge in [0.05, 0.1) is 0 Å². The van der Waals surface area contributed by atoms with Crippen molar-refractivity contribution in [3.8, 4) is 0 Å².